The second-order valence-electron chi connectivity index (χ2n) is 18.7. The topological polar surface area (TPSA) is 202 Å². The molecule has 0 spiro atoms. The molecule has 1 saturated heterocycles. The Balaban J connectivity index is 1.56. The molecule has 6 rings (SSSR count). The summed E-state index contributed by atoms with van der Waals surface area (Å²) in [7, 11) is 1.35. The van der Waals surface area contributed by atoms with Crippen molar-refractivity contribution in [2.45, 2.75) is 134 Å². The highest BCUT2D eigenvalue weighted by molar-refractivity contribution is 5.94. The van der Waals surface area contributed by atoms with Gasteiger partial charge in [-0.05, 0) is 76.5 Å². The summed E-state index contributed by atoms with van der Waals surface area (Å²) >= 11 is 0. The number of nitrogens with one attached hydrogen (secondary N) is 1. The normalized spacial score (nSPS) is 32.4. The first-order valence-electron chi connectivity index (χ1n) is 21.3. The van der Waals surface area contributed by atoms with Crippen LogP contribution in [0.4, 0.5) is 4.79 Å². The number of ether oxygens (including phenoxy) is 7. The lowest BCUT2D eigenvalue weighted by Crippen LogP contribution is -2.82. The number of fused-ring (bicyclic) bond motifs is 5. The van der Waals surface area contributed by atoms with Crippen molar-refractivity contribution in [3.63, 3.8) is 0 Å². The van der Waals surface area contributed by atoms with Crippen molar-refractivity contribution in [1.82, 2.24) is 5.32 Å². The van der Waals surface area contributed by atoms with E-state index in [1.807, 2.05) is 0 Å². The number of carbonyl (C=O) groups excluding carboxylic acids is 5. The molecule has 1 heterocycles. The molecule has 342 valence electrons. The minimum atomic E-state index is -2.65. The number of alkyl carbamates (subject to hydrolysis) is 1. The van der Waals surface area contributed by atoms with E-state index in [0.29, 0.717) is 11.1 Å². The molecule has 63 heavy (non-hydrogen) atoms. The van der Waals surface area contributed by atoms with E-state index < -0.39 is 112 Å². The average molecular weight is 876 g/mol. The van der Waals surface area contributed by atoms with Gasteiger partial charge in [-0.25, -0.2) is 14.4 Å². The zero-order valence-corrected chi connectivity index (χ0v) is 37.7. The van der Waals surface area contributed by atoms with Crippen LogP contribution in [0.5, 0.6) is 0 Å². The molecule has 0 radical (unpaired) electrons. The quantitative estimate of drug-likeness (QED) is 0.137. The van der Waals surface area contributed by atoms with Gasteiger partial charge in [-0.1, -0.05) is 69.0 Å². The summed E-state index contributed by atoms with van der Waals surface area (Å²) in [6.07, 6.45) is -6.60. The Morgan fingerprint density at radius 3 is 2.16 bits per heavy atom. The van der Waals surface area contributed by atoms with Crippen molar-refractivity contribution >= 4 is 29.8 Å². The summed E-state index contributed by atoms with van der Waals surface area (Å²) in [6.45, 7) is 18.4. The highest BCUT2D eigenvalue weighted by atomic mass is 16.6. The van der Waals surface area contributed by atoms with Crippen LogP contribution in [-0.4, -0.2) is 113 Å². The summed E-state index contributed by atoms with van der Waals surface area (Å²) in [5.41, 5.74) is -9.66. The number of methoxy groups -OCH3 is 1. The first kappa shape index (κ1) is 47.5. The van der Waals surface area contributed by atoms with Gasteiger partial charge in [-0.3, -0.25) is 9.59 Å². The third-order valence-corrected chi connectivity index (χ3v) is 13.6. The van der Waals surface area contributed by atoms with Gasteiger partial charge in [-0.2, -0.15) is 0 Å². The number of esters is 3. The zero-order chi connectivity index (χ0) is 46.5. The third-order valence-electron chi connectivity index (χ3n) is 13.6. The van der Waals surface area contributed by atoms with E-state index in [1.165, 1.54) is 26.2 Å². The van der Waals surface area contributed by atoms with Crippen LogP contribution in [0.1, 0.15) is 97.1 Å². The monoisotopic (exact) mass is 875 g/mol. The molecule has 1 amide bonds. The van der Waals surface area contributed by atoms with Gasteiger partial charge >= 0.3 is 24.0 Å². The van der Waals surface area contributed by atoms with E-state index >= 15 is 4.79 Å². The first-order valence-corrected chi connectivity index (χ1v) is 21.3. The fourth-order valence-electron chi connectivity index (χ4n) is 10.4. The highest BCUT2D eigenvalue weighted by Crippen LogP contribution is 2.65. The maximum absolute atomic E-state index is 15.7. The Bertz CT molecular complexity index is 2130. The highest BCUT2D eigenvalue weighted by Gasteiger charge is 2.78. The predicted molar refractivity (Wildman–Crippen MR) is 227 cm³/mol. The summed E-state index contributed by atoms with van der Waals surface area (Å²) in [4.78, 5) is 71.3. The average Bonchev–Trinajstić information content (AvgIpc) is 3.22. The van der Waals surface area contributed by atoms with Gasteiger partial charge in [0.25, 0.3) is 0 Å². The number of hydrogen-bond donors (Lipinski definition) is 3. The minimum Gasteiger partial charge on any atom is -0.455 e. The van der Waals surface area contributed by atoms with E-state index in [9.17, 15) is 29.4 Å². The van der Waals surface area contributed by atoms with Crippen LogP contribution in [0.3, 0.4) is 0 Å². The fourth-order valence-corrected chi connectivity index (χ4v) is 10.4. The molecule has 2 bridgehead atoms. The number of benzene rings is 2. The van der Waals surface area contributed by atoms with Gasteiger partial charge in [0.05, 0.1) is 29.6 Å². The maximum atomic E-state index is 15.7. The molecule has 3 aliphatic carbocycles. The van der Waals surface area contributed by atoms with E-state index in [-0.39, 0.29) is 30.8 Å². The summed E-state index contributed by atoms with van der Waals surface area (Å²) in [5.74, 6) is -4.66. The first-order chi connectivity index (χ1) is 29.5. The van der Waals surface area contributed by atoms with Crippen LogP contribution in [0, 0.1) is 16.7 Å². The van der Waals surface area contributed by atoms with Crippen LogP contribution in [0.2, 0.25) is 0 Å². The number of hydrogen-bond acceptors (Lipinski definition) is 14. The SMILES string of the molecule is C=CC(O)(C(=O)OC1CC2(O)C(OC(=O)c3ccccc3)C3C4(OC(C)=O)COC4CC(OCC)C3(C)C(=O)C(OC)C(=C1C)C2(C)C)C(NC(=O)OC(C)(C)C)c1ccccc1. The number of ketones is 1. The Labute approximate surface area is 368 Å². The third kappa shape index (κ3) is 8.00. The summed E-state index contributed by atoms with van der Waals surface area (Å²) < 4.78 is 43.1. The van der Waals surface area contributed by atoms with Gasteiger partial charge in [-0.15, -0.1) is 0 Å². The van der Waals surface area contributed by atoms with Gasteiger partial charge in [0.2, 0.25) is 5.60 Å². The molecule has 2 saturated carbocycles. The Kier molecular flexibility index (Phi) is 13.0. The molecule has 0 aromatic heterocycles. The molecule has 4 aliphatic rings. The molecule has 1 aliphatic heterocycles. The van der Waals surface area contributed by atoms with Crippen LogP contribution < -0.4 is 5.32 Å². The van der Waals surface area contributed by atoms with Crippen LogP contribution in [0.15, 0.2) is 84.5 Å². The molecule has 2 aromatic rings. The Morgan fingerprint density at radius 1 is 1.02 bits per heavy atom. The van der Waals surface area contributed by atoms with Gasteiger partial charge < -0.3 is 48.7 Å². The number of rotatable bonds is 12. The molecule has 15 heteroatoms. The molecule has 2 aromatic carbocycles. The van der Waals surface area contributed by atoms with Crippen molar-refractivity contribution in [3.05, 3.63) is 95.6 Å². The Morgan fingerprint density at radius 2 is 1.63 bits per heavy atom. The molecular formula is C48H61NO14. The van der Waals surface area contributed by atoms with Crippen LogP contribution >= 0.6 is 0 Å². The Hall–Kier alpha value is -4.93. The van der Waals surface area contributed by atoms with Crippen LogP contribution in [0.25, 0.3) is 0 Å². The molecule has 3 fully saturated rings. The zero-order valence-electron chi connectivity index (χ0n) is 37.7. The number of carbonyl (C=O) groups is 5. The lowest BCUT2D eigenvalue weighted by Gasteiger charge is -2.68. The van der Waals surface area contributed by atoms with Crippen molar-refractivity contribution in [2.24, 2.45) is 16.7 Å². The standard InChI is InChI=1S/C48H61NO14/c1-12-46(55,37(29-20-16-14-17-21-29)49-42(54)63-43(5,6)7)41(53)60-31-25-48(56)39(61-40(52)30-22-18-15-19-23-30)36-45(10,38(51)35(57-11)34(27(31)3)44(48,8)9)32(58-13-2)24-33-47(36,26-59-33)62-28(4)50/h12,14-23,31-33,35-37,39,55-56H,1,13,24-26H2,2-11H3,(H,49,54). The largest absolute Gasteiger partial charge is 0.455 e. The molecule has 15 nitrogen and oxygen atoms in total. The van der Waals surface area contributed by atoms with Crippen molar-refractivity contribution in [2.75, 3.05) is 20.3 Å². The van der Waals surface area contributed by atoms with Gasteiger partial charge in [0.15, 0.2) is 11.4 Å². The summed E-state index contributed by atoms with van der Waals surface area (Å²) in [6, 6.07) is 14.8. The second-order valence-corrected chi connectivity index (χ2v) is 18.7. The second kappa shape index (κ2) is 17.2. The van der Waals surface area contributed by atoms with Gasteiger partial charge in [0.1, 0.15) is 41.7 Å². The minimum absolute atomic E-state index is 0.121. The number of amides is 1. The van der Waals surface area contributed by atoms with Crippen molar-refractivity contribution in [1.29, 1.82) is 0 Å². The van der Waals surface area contributed by atoms with Gasteiger partial charge in [0, 0.05) is 38.9 Å². The number of Topliss-reactive ketones (excluding diaryl/α,β-unsaturated/α-hetero) is 1. The lowest BCUT2D eigenvalue weighted by atomic mass is 9.44. The van der Waals surface area contributed by atoms with E-state index in [0.717, 1.165) is 6.08 Å². The molecule has 11 atom stereocenters. The molecule has 3 N–H and O–H groups in total. The summed E-state index contributed by atoms with van der Waals surface area (Å²) in [5, 5.41) is 28.8. The molecular weight excluding hydrogens is 815 g/mol. The smallest absolute Gasteiger partial charge is 0.408 e. The van der Waals surface area contributed by atoms with Crippen molar-refractivity contribution < 1.29 is 67.3 Å². The fraction of sp³-hybridized carbons (Fsp3) is 0.562. The maximum Gasteiger partial charge on any atom is 0.408 e. The van der Waals surface area contributed by atoms with Crippen LogP contribution in [-0.2, 0) is 47.5 Å². The number of aliphatic hydroxyl groups is 2. The van der Waals surface area contributed by atoms with E-state index in [1.54, 1.807) is 104 Å². The lowest BCUT2D eigenvalue weighted by molar-refractivity contribution is -0.348. The van der Waals surface area contributed by atoms with E-state index in [4.69, 9.17) is 33.2 Å². The molecule has 11 unspecified atom stereocenters. The predicted octanol–water partition coefficient (Wildman–Crippen LogP) is 5.51. The van der Waals surface area contributed by atoms with E-state index in [2.05, 4.69) is 11.9 Å². The van der Waals surface area contributed by atoms with Crippen molar-refractivity contribution in [3.8, 4) is 0 Å².